The van der Waals surface area contributed by atoms with Crippen LogP contribution in [0.4, 0.5) is 10.3 Å². The van der Waals surface area contributed by atoms with Crippen LogP contribution in [0.1, 0.15) is 15.9 Å². The molecule has 2 N–H and O–H groups in total. The smallest absolute Gasteiger partial charge is 0.325 e. The Kier molecular flexibility index (Phi) is 4.50. The first-order chi connectivity index (χ1) is 12.0. The van der Waals surface area contributed by atoms with Gasteiger partial charge >= 0.3 is 5.97 Å². The highest BCUT2D eigenvalue weighted by atomic mass is 19.1. The second-order valence-corrected chi connectivity index (χ2v) is 5.17. The number of anilines is 1. The topological polar surface area (TPSA) is 115 Å². The minimum absolute atomic E-state index is 0.0763. The van der Waals surface area contributed by atoms with E-state index in [4.69, 9.17) is 5.11 Å². The molecule has 0 unspecified atom stereocenters. The number of hydrogen-bond donors (Lipinski definition) is 2. The Bertz CT molecular complexity index is 919. The van der Waals surface area contributed by atoms with Gasteiger partial charge in [0.15, 0.2) is 0 Å². The van der Waals surface area contributed by atoms with Crippen molar-refractivity contribution < 1.29 is 19.1 Å². The fourth-order valence-corrected chi connectivity index (χ4v) is 2.13. The number of nitrogens with one attached hydrogen (secondary N) is 1. The second-order valence-electron chi connectivity index (χ2n) is 5.17. The fraction of sp³-hybridized carbons (Fsp3) is 0.133. The van der Waals surface area contributed by atoms with Crippen LogP contribution in [0.25, 0.3) is 0 Å². The molecular formula is C15H13FN6O3. The molecule has 128 valence electrons. The fourth-order valence-electron chi connectivity index (χ4n) is 2.13. The molecule has 2 heterocycles. The summed E-state index contributed by atoms with van der Waals surface area (Å²) in [6.45, 7) is -0.0367. The van der Waals surface area contributed by atoms with Gasteiger partial charge in [0.1, 0.15) is 18.7 Å². The van der Waals surface area contributed by atoms with Crippen LogP contribution < -0.4 is 5.32 Å². The molecule has 2 aromatic heterocycles. The summed E-state index contributed by atoms with van der Waals surface area (Å²) < 4.78 is 15.8. The third-order valence-corrected chi connectivity index (χ3v) is 3.19. The number of amides is 1. The molecule has 10 heteroatoms. The van der Waals surface area contributed by atoms with E-state index in [9.17, 15) is 14.0 Å². The number of aliphatic carboxylic acids is 1. The van der Waals surface area contributed by atoms with Gasteiger partial charge in [0.25, 0.3) is 5.91 Å². The molecule has 0 bridgehead atoms. The Balaban J connectivity index is 1.63. The summed E-state index contributed by atoms with van der Waals surface area (Å²) in [5, 5.41) is 19.0. The molecule has 0 saturated carbocycles. The van der Waals surface area contributed by atoms with Gasteiger partial charge in [0.05, 0.1) is 18.3 Å². The van der Waals surface area contributed by atoms with Gasteiger partial charge in [-0.2, -0.15) is 5.10 Å². The maximum absolute atomic E-state index is 13.2. The van der Waals surface area contributed by atoms with Gasteiger partial charge in [-0.25, -0.2) is 14.1 Å². The summed E-state index contributed by atoms with van der Waals surface area (Å²) >= 11 is 0. The van der Waals surface area contributed by atoms with Crippen LogP contribution >= 0.6 is 0 Å². The largest absolute Gasteiger partial charge is 0.480 e. The number of hydrogen-bond acceptors (Lipinski definition) is 5. The van der Waals surface area contributed by atoms with Gasteiger partial charge in [-0.15, -0.1) is 5.10 Å². The van der Waals surface area contributed by atoms with E-state index in [2.05, 4.69) is 20.5 Å². The van der Waals surface area contributed by atoms with Crippen LogP contribution in [0.3, 0.4) is 0 Å². The number of carbonyl (C=O) groups excluding carboxylic acids is 1. The second kappa shape index (κ2) is 6.91. The Morgan fingerprint density at radius 2 is 2.12 bits per heavy atom. The lowest BCUT2D eigenvalue weighted by atomic mass is 10.2. The van der Waals surface area contributed by atoms with Crippen LogP contribution in [0, 0.1) is 5.82 Å². The van der Waals surface area contributed by atoms with Crippen molar-refractivity contribution in [2.45, 2.75) is 13.1 Å². The predicted octanol–water partition coefficient (Wildman–Crippen LogP) is 0.999. The zero-order valence-corrected chi connectivity index (χ0v) is 12.8. The molecule has 1 amide bonds. The molecule has 25 heavy (non-hydrogen) atoms. The van der Waals surface area contributed by atoms with Crippen molar-refractivity contribution in [3.8, 4) is 0 Å². The lowest BCUT2D eigenvalue weighted by Crippen LogP contribution is -2.13. The molecule has 3 rings (SSSR count). The monoisotopic (exact) mass is 344 g/mol. The van der Waals surface area contributed by atoms with E-state index < -0.39 is 11.9 Å². The number of carboxylic acids is 1. The van der Waals surface area contributed by atoms with Gasteiger partial charge in [-0.3, -0.25) is 19.6 Å². The summed E-state index contributed by atoms with van der Waals surface area (Å²) in [4.78, 5) is 26.6. The molecule has 0 aliphatic heterocycles. The maximum Gasteiger partial charge on any atom is 0.325 e. The van der Waals surface area contributed by atoms with Gasteiger partial charge in [-0.1, -0.05) is 12.1 Å². The average molecular weight is 344 g/mol. The summed E-state index contributed by atoms with van der Waals surface area (Å²) in [6, 6.07) is 6.08. The third-order valence-electron chi connectivity index (χ3n) is 3.19. The van der Waals surface area contributed by atoms with Crippen molar-refractivity contribution in [3.05, 3.63) is 59.9 Å². The van der Waals surface area contributed by atoms with Crippen LogP contribution in [-0.2, 0) is 17.9 Å². The van der Waals surface area contributed by atoms with Gasteiger partial charge in [0.2, 0.25) is 5.95 Å². The highest BCUT2D eigenvalue weighted by Crippen LogP contribution is 2.07. The Morgan fingerprint density at radius 3 is 2.88 bits per heavy atom. The number of carboxylic acid groups (broad SMARTS) is 1. The zero-order valence-electron chi connectivity index (χ0n) is 12.8. The summed E-state index contributed by atoms with van der Waals surface area (Å²) in [5.41, 5.74) is 0.889. The summed E-state index contributed by atoms with van der Waals surface area (Å²) in [5.74, 6) is -1.84. The quantitative estimate of drug-likeness (QED) is 0.689. The summed E-state index contributed by atoms with van der Waals surface area (Å²) in [6.07, 6.45) is 3.98. The lowest BCUT2D eigenvalue weighted by Gasteiger charge is -2.01. The number of carbonyl (C=O) groups is 2. The minimum Gasteiger partial charge on any atom is -0.480 e. The van der Waals surface area contributed by atoms with E-state index in [0.29, 0.717) is 12.1 Å². The minimum atomic E-state index is -1.06. The SMILES string of the molecule is O=C(O)Cn1cc(C(=O)Nc2ncn(Cc3cccc(F)c3)n2)cn1. The van der Waals surface area contributed by atoms with E-state index in [0.717, 1.165) is 4.68 Å². The van der Waals surface area contributed by atoms with E-state index >= 15 is 0 Å². The van der Waals surface area contributed by atoms with E-state index in [-0.39, 0.29) is 23.9 Å². The average Bonchev–Trinajstić information content (AvgIpc) is 3.16. The molecular weight excluding hydrogens is 331 g/mol. The molecule has 0 aliphatic rings. The van der Waals surface area contributed by atoms with E-state index in [1.54, 1.807) is 12.1 Å². The number of halogens is 1. The first kappa shape index (κ1) is 16.3. The molecule has 0 saturated heterocycles. The number of rotatable bonds is 6. The van der Waals surface area contributed by atoms with Crippen LogP contribution in [0.15, 0.2) is 43.0 Å². The highest BCUT2D eigenvalue weighted by molar-refractivity contribution is 6.02. The first-order valence-electron chi connectivity index (χ1n) is 7.19. The van der Waals surface area contributed by atoms with Crippen molar-refractivity contribution in [3.63, 3.8) is 0 Å². The van der Waals surface area contributed by atoms with Crippen LogP contribution in [0.2, 0.25) is 0 Å². The molecule has 3 aromatic rings. The molecule has 9 nitrogen and oxygen atoms in total. The molecule has 1 aromatic carbocycles. The van der Waals surface area contributed by atoms with Gasteiger partial charge in [0, 0.05) is 6.20 Å². The van der Waals surface area contributed by atoms with Crippen molar-refractivity contribution in [1.82, 2.24) is 24.5 Å². The molecule has 0 aliphatic carbocycles. The van der Waals surface area contributed by atoms with Gasteiger partial charge < -0.3 is 5.11 Å². The standard InChI is InChI=1S/C15H13FN6O3/c16-12-3-1-2-10(4-12)6-22-9-17-15(20-22)19-14(25)11-5-18-21(7-11)8-13(23)24/h1-5,7,9H,6,8H2,(H,23,24)(H,19,20,25). The Hall–Kier alpha value is -3.56. The number of benzene rings is 1. The van der Waals surface area contributed by atoms with E-state index in [1.807, 2.05) is 0 Å². The number of nitrogens with zero attached hydrogens (tertiary/aromatic N) is 5. The highest BCUT2D eigenvalue weighted by Gasteiger charge is 2.12. The van der Waals surface area contributed by atoms with Gasteiger partial charge in [-0.05, 0) is 17.7 Å². The number of aromatic nitrogens is 5. The molecule has 0 fully saturated rings. The van der Waals surface area contributed by atoms with Crippen molar-refractivity contribution in [2.24, 2.45) is 0 Å². The zero-order chi connectivity index (χ0) is 17.8. The Labute approximate surface area is 140 Å². The molecule has 0 radical (unpaired) electrons. The Morgan fingerprint density at radius 1 is 1.28 bits per heavy atom. The van der Waals surface area contributed by atoms with Crippen molar-refractivity contribution in [1.29, 1.82) is 0 Å². The normalized spacial score (nSPS) is 10.6. The first-order valence-corrected chi connectivity index (χ1v) is 7.19. The van der Waals surface area contributed by atoms with E-state index in [1.165, 1.54) is 35.5 Å². The van der Waals surface area contributed by atoms with Crippen LogP contribution in [-0.4, -0.2) is 41.5 Å². The summed E-state index contributed by atoms with van der Waals surface area (Å²) in [7, 11) is 0. The lowest BCUT2D eigenvalue weighted by molar-refractivity contribution is -0.137. The van der Waals surface area contributed by atoms with Crippen molar-refractivity contribution >= 4 is 17.8 Å². The predicted molar refractivity (Wildman–Crippen MR) is 83.3 cm³/mol. The molecule has 0 atom stereocenters. The third kappa shape index (κ3) is 4.25. The van der Waals surface area contributed by atoms with Crippen LogP contribution in [0.5, 0.6) is 0 Å². The maximum atomic E-state index is 13.2. The molecule has 0 spiro atoms. The van der Waals surface area contributed by atoms with Crippen molar-refractivity contribution in [2.75, 3.05) is 5.32 Å².